The van der Waals surface area contributed by atoms with Gasteiger partial charge in [-0.15, -0.1) is 0 Å². The molecule has 2 amide bonds. The summed E-state index contributed by atoms with van der Waals surface area (Å²) in [7, 11) is 1.66. The number of para-hydroxylation sites is 2. The normalized spacial score (nSPS) is 13.9. The lowest BCUT2D eigenvalue weighted by Crippen LogP contribution is -2.47. The van der Waals surface area contributed by atoms with Gasteiger partial charge in [-0.05, 0) is 37.2 Å². The Morgan fingerprint density at radius 3 is 2.55 bits per heavy atom. The van der Waals surface area contributed by atoms with E-state index in [-0.39, 0.29) is 5.69 Å². The molecule has 1 fully saturated rings. The zero-order valence-corrected chi connectivity index (χ0v) is 18.3. The first kappa shape index (κ1) is 23.9. The van der Waals surface area contributed by atoms with Gasteiger partial charge in [0.15, 0.2) is 0 Å². The molecule has 176 valence electrons. The lowest BCUT2D eigenvalue weighted by Gasteiger charge is -2.36. The quantitative estimate of drug-likeness (QED) is 0.268. The van der Waals surface area contributed by atoms with Crippen LogP contribution in [-0.4, -0.2) is 68.0 Å². The van der Waals surface area contributed by atoms with E-state index in [2.05, 4.69) is 20.4 Å². The van der Waals surface area contributed by atoms with E-state index < -0.39 is 28.2 Å². The Kier molecular flexibility index (Phi) is 8.14. The number of nitro groups is 1. The third kappa shape index (κ3) is 6.39. The highest BCUT2D eigenvalue weighted by atomic mass is 19.1. The number of nitro benzene ring substituents is 1. The summed E-state index contributed by atoms with van der Waals surface area (Å²) >= 11 is 0. The highest BCUT2D eigenvalue weighted by molar-refractivity contribution is 6.39. The number of carbonyl (C=O) groups excluding carboxylic acids is 2. The number of ether oxygens (including phenoxy) is 1. The van der Waals surface area contributed by atoms with E-state index in [1.54, 1.807) is 7.11 Å². The van der Waals surface area contributed by atoms with Crippen LogP contribution in [0.3, 0.4) is 0 Å². The van der Waals surface area contributed by atoms with Crippen LogP contribution in [0.5, 0.6) is 5.75 Å². The second-order valence-corrected chi connectivity index (χ2v) is 7.49. The fourth-order valence-corrected chi connectivity index (χ4v) is 3.61. The number of rotatable bonds is 8. The summed E-state index contributed by atoms with van der Waals surface area (Å²) in [4.78, 5) is 38.4. The molecular formula is C22H26FN5O5. The van der Waals surface area contributed by atoms with Crippen LogP contribution in [0.4, 0.5) is 21.5 Å². The number of amides is 2. The summed E-state index contributed by atoms with van der Waals surface area (Å²) in [5, 5.41) is 15.5. The number of halogens is 1. The van der Waals surface area contributed by atoms with Gasteiger partial charge in [-0.1, -0.05) is 12.1 Å². The van der Waals surface area contributed by atoms with E-state index in [1.165, 1.54) is 0 Å². The molecule has 1 aliphatic rings. The Morgan fingerprint density at radius 2 is 1.85 bits per heavy atom. The van der Waals surface area contributed by atoms with Crippen LogP contribution in [0.2, 0.25) is 0 Å². The van der Waals surface area contributed by atoms with Gasteiger partial charge in [0.05, 0.1) is 17.7 Å². The molecule has 0 spiro atoms. The maximum atomic E-state index is 13.4. The summed E-state index contributed by atoms with van der Waals surface area (Å²) in [6.07, 6.45) is 0.662. The average Bonchev–Trinajstić information content (AvgIpc) is 2.83. The van der Waals surface area contributed by atoms with Crippen molar-refractivity contribution < 1.29 is 23.6 Å². The van der Waals surface area contributed by atoms with Gasteiger partial charge in [-0.25, -0.2) is 0 Å². The molecule has 0 bridgehead atoms. The average molecular weight is 459 g/mol. The maximum absolute atomic E-state index is 13.4. The van der Waals surface area contributed by atoms with Gasteiger partial charge in [0.25, 0.3) is 0 Å². The number of methoxy groups -OCH3 is 1. The molecule has 0 aromatic heterocycles. The van der Waals surface area contributed by atoms with Crippen molar-refractivity contribution in [3.05, 3.63) is 58.4 Å². The number of benzene rings is 2. The Hall–Kier alpha value is -3.73. The maximum Gasteiger partial charge on any atom is 0.313 e. The fraction of sp³-hybridized carbons (Fsp3) is 0.364. The van der Waals surface area contributed by atoms with Gasteiger partial charge >= 0.3 is 17.5 Å². The molecule has 0 atom stereocenters. The van der Waals surface area contributed by atoms with Crippen LogP contribution in [0, 0.1) is 15.9 Å². The van der Waals surface area contributed by atoms with Gasteiger partial charge in [-0.2, -0.15) is 4.39 Å². The first-order chi connectivity index (χ1) is 15.9. The molecule has 0 saturated carbocycles. The van der Waals surface area contributed by atoms with Crippen molar-refractivity contribution in [2.45, 2.75) is 6.42 Å². The number of hydrogen-bond acceptors (Lipinski definition) is 7. The summed E-state index contributed by atoms with van der Waals surface area (Å²) in [6.45, 7) is 4.54. The van der Waals surface area contributed by atoms with Crippen LogP contribution < -0.4 is 20.3 Å². The summed E-state index contributed by atoms with van der Waals surface area (Å²) in [6, 6.07) is 10.8. The molecule has 2 N–H and O–H groups in total. The first-order valence-electron chi connectivity index (χ1n) is 10.5. The van der Waals surface area contributed by atoms with Crippen LogP contribution in [0.1, 0.15) is 6.42 Å². The molecule has 1 heterocycles. The van der Waals surface area contributed by atoms with Crippen molar-refractivity contribution in [2.24, 2.45) is 0 Å². The lowest BCUT2D eigenvalue weighted by atomic mass is 10.2. The first-order valence-corrected chi connectivity index (χ1v) is 10.5. The standard InChI is InChI=1S/C22H26FN5O5/c1-33-20-6-3-2-5-18(20)27-13-11-26(12-14-27)10-4-9-24-21(29)22(30)25-16-7-8-17(23)19(15-16)28(31)32/h2-3,5-8,15H,4,9-14H2,1H3,(H,24,29)(H,25,30). The van der Waals surface area contributed by atoms with Crippen molar-refractivity contribution in [3.8, 4) is 5.75 Å². The molecule has 1 aliphatic heterocycles. The second kappa shape index (κ2) is 11.2. The van der Waals surface area contributed by atoms with Crippen molar-refractivity contribution in [2.75, 3.05) is 56.6 Å². The third-order valence-corrected chi connectivity index (χ3v) is 5.34. The van der Waals surface area contributed by atoms with Crippen molar-refractivity contribution in [1.82, 2.24) is 10.2 Å². The number of hydrogen-bond donors (Lipinski definition) is 2. The monoisotopic (exact) mass is 459 g/mol. The van der Waals surface area contributed by atoms with E-state index in [0.29, 0.717) is 13.0 Å². The molecule has 11 heteroatoms. The van der Waals surface area contributed by atoms with Gasteiger partial charge in [0, 0.05) is 44.5 Å². The topological polar surface area (TPSA) is 117 Å². The number of piperazine rings is 1. The molecule has 3 rings (SSSR count). The Labute approximate surface area is 190 Å². The largest absolute Gasteiger partial charge is 0.495 e. The number of carbonyl (C=O) groups is 2. The van der Waals surface area contributed by atoms with Crippen molar-refractivity contribution in [3.63, 3.8) is 0 Å². The lowest BCUT2D eigenvalue weighted by molar-refractivity contribution is -0.387. The van der Waals surface area contributed by atoms with E-state index >= 15 is 0 Å². The zero-order chi connectivity index (χ0) is 23.8. The van der Waals surface area contributed by atoms with Crippen LogP contribution >= 0.6 is 0 Å². The minimum absolute atomic E-state index is 0.0313. The zero-order valence-electron chi connectivity index (χ0n) is 18.3. The molecule has 2 aromatic carbocycles. The van der Waals surface area contributed by atoms with Crippen molar-refractivity contribution in [1.29, 1.82) is 0 Å². The van der Waals surface area contributed by atoms with E-state index in [9.17, 15) is 24.1 Å². The second-order valence-electron chi connectivity index (χ2n) is 7.49. The number of nitrogens with zero attached hydrogens (tertiary/aromatic N) is 3. The predicted octanol–water partition coefficient (Wildman–Crippen LogP) is 2.01. The van der Waals surface area contributed by atoms with E-state index in [0.717, 1.165) is 62.4 Å². The molecule has 0 unspecified atom stereocenters. The molecule has 10 nitrogen and oxygen atoms in total. The number of anilines is 2. The summed E-state index contributed by atoms with van der Waals surface area (Å²) < 4.78 is 18.8. The van der Waals surface area contributed by atoms with E-state index in [1.807, 2.05) is 24.3 Å². The molecule has 0 aliphatic carbocycles. The molecule has 1 saturated heterocycles. The predicted molar refractivity (Wildman–Crippen MR) is 121 cm³/mol. The van der Waals surface area contributed by atoms with Gasteiger partial charge in [0.1, 0.15) is 5.75 Å². The molecular weight excluding hydrogens is 433 g/mol. The minimum atomic E-state index is -1.02. The summed E-state index contributed by atoms with van der Waals surface area (Å²) in [5.41, 5.74) is 0.264. The van der Waals surface area contributed by atoms with Crippen LogP contribution in [0.25, 0.3) is 0 Å². The van der Waals surface area contributed by atoms with Gasteiger partial charge in [0.2, 0.25) is 5.82 Å². The Bertz CT molecular complexity index is 1010. The highest BCUT2D eigenvalue weighted by Crippen LogP contribution is 2.28. The van der Waals surface area contributed by atoms with E-state index in [4.69, 9.17) is 4.74 Å². The van der Waals surface area contributed by atoms with Gasteiger partial charge < -0.3 is 20.3 Å². The van der Waals surface area contributed by atoms with Crippen LogP contribution in [-0.2, 0) is 9.59 Å². The third-order valence-electron chi connectivity index (χ3n) is 5.34. The van der Waals surface area contributed by atoms with Gasteiger partial charge in [-0.3, -0.25) is 24.6 Å². The minimum Gasteiger partial charge on any atom is -0.495 e. The Morgan fingerprint density at radius 1 is 1.12 bits per heavy atom. The molecule has 33 heavy (non-hydrogen) atoms. The van der Waals surface area contributed by atoms with Crippen molar-refractivity contribution >= 4 is 28.9 Å². The van der Waals surface area contributed by atoms with Crippen LogP contribution in [0.15, 0.2) is 42.5 Å². The fourth-order valence-electron chi connectivity index (χ4n) is 3.61. The molecule has 2 aromatic rings. The number of nitrogens with one attached hydrogen (secondary N) is 2. The highest BCUT2D eigenvalue weighted by Gasteiger charge is 2.20. The smallest absolute Gasteiger partial charge is 0.313 e. The molecule has 0 radical (unpaired) electrons. The summed E-state index contributed by atoms with van der Waals surface area (Å²) in [5.74, 6) is -2.00. The Balaban J connectivity index is 1.37. The SMILES string of the molecule is COc1ccccc1N1CCN(CCCNC(=O)C(=O)Nc2ccc(F)c([N+](=O)[O-])c2)CC1.